The first-order chi connectivity index (χ1) is 15.4. The van der Waals surface area contributed by atoms with Crippen molar-refractivity contribution >= 4 is 33.2 Å². The Kier molecular flexibility index (Phi) is 5.31. The third-order valence-electron chi connectivity index (χ3n) is 5.85. The number of benzene rings is 3. The summed E-state index contributed by atoms with van der Waals surface area (Å²) in [7, 11) is -3.91. The molecule has 0 radical (unpaired) electrons. The Hall–Kier alpha value is -3.03. The Labute approximate surface area is 192 Å². The quantitative estimate of drug-likeness (QED) is 0.585. The standard InChI is InChI=1S/C24H21ClN2O4S/c25-19-9-11-20(12-10-19)32(29,30)27-16-23(31-22-8-4-3-7-21(22)27)24(28)26-14-13-17-5-1-2-6-18(17)15-26/h1-12,23H,13-16H2/t23-/m0/s1. The minimum absolute atomic E-state index is 0.0983. The van der Waals surface area contributed by atoms with Crippen LogP contribution < -0.4 is 9.04 Å². The van der Waals surface area contributed by atoms with Crippen molar-refractivity contribution in [3.05, 3.63) is 88.9 Å². The normalized spacial score (nSPS) is 17.8. The number of ether oxygens (including phenoxy) is 1. The van der Waals surface area contributed by atoms with E-state index in [4.69, 9.17) is 16.3 Å². The second kappa shape index (κ2) is 8.15. The van der Waals surface area contributed by atoms with E-state index in [9.17, 15) is 13.2 Å². The van der Waals surface area contributed by atoms with Gasteiger partial charge in [-0.2, -0.15) is 0 Å². The van der Waals surface area contributed by atoms with Crippen LogP contribution in [0.15, 0.2) is 77.7 Å². The van der Waals surface area contributed by atoms with Gasteiger partial charge in [-0.15, -0.1) is 0 Å². The van der Waals surface area contributed by atoms with Gasteiger partial charge in [0, 0.05) is 18.1 Å². The first-order valence-electron chi connectivity index (χ1n) is 10.3. The maximum Gasteiger partial charge on any atom is 0.265 e. The second-order valence-corrected chi connectivity index (χ2v) is 10.1. The van der Waals surface area contributed by atoms with Gasteiger partial charge in [-0.05, 0) is 53.9 Å². The van der Waals surface area contributed by atoms with Crippen molar-refractivity contribution in [1.29, 1.82) is 0 Å². The molecule has 0 spiro atoms. The van der Waals surface area contributed by atoms with Crippen molar-refractivity contribution in [2.75, 3.05) is 17.4 Å². The van der Waals surface area contributed by atoms with Crippen LogP contribution >= 0.6 is 11.6 Å². The highest BCUT2D eigenvalue weighted by Crippen LogP contribution is 2.37. The van der Waals surface area contributed by atoms with Crippen molar-refractivity contribution in [2.45, 2.75) is 24.0 Å². The summed E-state index contributed by atoms with van der Waals surface area (Å²) in [5.74, 6) is 0.150. The molecule has 1 atom stereocenters. The Bertz CT molecular complexity index is 1280. The number of para-hydroxylation sites is 2. The van der Waals surface area contributed by atoms with Gasteiger partial charge in [-0.1, -0.05) is 48.0 Å². The summed E-state index contributed by atoms with van der Waals surface area (Å²) in [6, 6.07) is 20.9. The molecule has 164 valence electrons. The number of hydrogen-bond acceptors (Lipinski definition) is 4. The van der Waals surface area contributed by atoms with Crippen LogP contribution in [0.2, 0.25) is 5.02 Å². The van der Waals surface area contributed by atoms with Crippen LogP contribution in [0.4, 0.5) is 5.69 Å². The fraction of sp³-hybridized carbons (Fsp3) is 0.208. The highest BCUT2D eigenvalue weighted by Gasteiger charge is 2.39. The number of carbonyl (C=O) groups excluding carboxylic acids is 1. The van der Waals surface area contributed by atoms with Crippen LogP contribution in [0.1, 0.15) is 11.1 Å². The van der Waals surface area contributed by atoms with Crippen LogP contribution in [-0.2, 0) is 27.8 Å². The molecule has 2 aliphatic heterocycles. The van der Waals surface area contributed by atoms with Gasteiger partial charge >= 0.3 is 0 Å². The lowest BCUT2D eigenvalue weighted by Gasteiger charge is -2.38. The zero-order chi connectivity index (χ0) is 22.3. The summed E-state index contributed by atoms with van der Waals surface area (Å²) in [6.45, 7) is 0.959. The van der Waals surface area contributed by atoms with E-state index >= 15 is 0 Å². The summed E-state index contributed by atoms with van der Waals surface area (Å²) < 4.78 is 34.2. The lowest BCUT2D eigenvalue weighted by atomic mass is 9.99. The number of carbonyl (C=O) groups is 1. The Morgan fingerprint density at radius 2 is 1.62 bits per heavy atom. The molecule has 0 saturated heterocycles. The van der Waals surface area contributed by atoms with E-state index in [1.807, 2.05) is 18.2 Å². The third kappa shape index (κ3) is 3.72. The molecule has 0 aliphatic carbocycles. The van der Waals surface area contributed by atoms with E-state index in [2.05, 4.69) is 6.07 Å². The van der Waals surface area contributed by atoms with Crippen molar-refractivity contribution in [3.63, 3.8) is 0 Å². The van der Waals surface area contributed by atoms with Crippen LogP contribution in [0.3, 0.4) is 0 Å². The lowest BCUT2D eigenvalue weighted by molar-refractivity contribution is -0.139. The minimum atomic E-state index is -3.91. The van der Waals surface area contributed by atoms with E-state index in [-0.39, 0.29) is 17.3 Å². The lowest BCUT2D eigenvalue weighted by Crippen LogP contribution is -2.52. The predicted octanol–water partition coefficient (Wildman–Crippen LogP) is 3.88. The van der Waals surface area contributed by atoms with Gasteiger partial charge in [-0.3, -0.25) is 9.10 Å². The smallest absolute Gasteiger partial charge is 0.265 e. The molecule has 3 aromatic rings. The number of fused-ring (bicyclic) bond motifs is 2. The Balaban J connectivity index is 1.46. The molecule has 3 aromatic carbocycles. The van der Waals surface area contributed by atoms with E-state index in [0.29, 0.717) is 29.5 Å². The summed E-state index contributed by atoms with van der Waals surface area (Å²) in [5.41, 5.74) is 2.75. The monoisotopic (exact) mass is 468 g/mol. The maximum atomic E-state index is 13.5. The molecule has 0 bridgehead atoms. The molecule has 8 heteroatoms. The topological polar surface area (TPSA) is 66.9 Å². The molecule has 5 rings (SSSR count). The van der Waals surface area contributed by atoms with Gasteiger partial charge in [-0.25, -0.2) is 8.42 Å². The first kappa shape index (κ1) is 20.8. The molecular formula is C24H21ClN2O4S. The third-order valence-corrected chi connectivity index (χ3v) is 7.90. The average molecular weight is 469 g/mol. The average Bonchev–Trinajstić information content (AvgIpc) is 2.82. The molecule has 2 heterocycles. The Morgan fingerprint density at radius 1 is 0.938 bits per heavy atom. The van der Waals surface area contributed by atoms with Crippen molar-refractivity contribution in [3.8, 4) is 5.75 Å². The van der Waals surface area contributed by atoms with E-state index in [1.165, 1.54) is 34.1 Å². The largest absolute Gasteiger partial charge is 0.476 e. The number of halogens is 1. The molecule has 0 fully saturated rings. The molecule has 6 nitrogen and oxygen atoms in total. The molecule has 0 unspecified atom stereocenters. The molecular weight excluding hydrogens is 448 g/mol. The molecule has 0 saturated carbocycles. The van der Waals surface area contributed by atoms with Crippen LogP contribution in [0, 0.1) is 0 Å². The number of rotatable bonds is 3. The van der Waals surface area contributed by atoms with Gasteiger partial charge in [0.05, 0.1) is 17.1 Å². The number of anilines is 1. The zero-order valence-corrected chi connectivity index (χ0v) is 18.7. The number of sulfonamides is 1. The fourth-order valence-corrected chi connectivity index (χ4v) is 5.78. The summed E-state index contributed by atoms with van der Waals surface area (Å²) in [6.07, 6.45) is -0.171. The van der Waals surface area contributed by atoms with Crippen LogP contribution in [0.5, 0.6) is 5.75 Å². The summed E-state index contributed by atoms with van der Waals surface area (Å²) in [4.78, 5) is 15.2. The SMILES string of the molecule is O=C([C@@H]1CN(S(=O)(=O)c2ccc(Cl)cc2)c2ccccc2O1)N1CCc2ccccc2C1. The highest BCUT2D eigenvalue weighted by molar-refractivity contribution is 7.92. The summed E-state index contributed by atoms with van der Waals surface area (Å²) in [5, 5.41) is 0.449. The van der Waals surface area contributed by atoms with Crippen LogP contribution in [-0.4, -0.2) is 38.4 Å². The van der Waals surface area contributed by atoms with Gasteiger partial charge in [0.25, 0.3) is 15.9 Å². The summed E-state index contributed by atoms with van der Waals surface area (Å²) >= 11 is 5.94. The van der Waals surface area contributed by atoms with E-state index in [0.717, 1.165) is 12.0 Å². The molecule has 0 N–H and O–H groups in total. The number of hydrogen-bond donors (Lipinski definition) is 0. The van der Waals surface area contributed by atoms with Crippen molar-refractivity contribution in [2.24, 2.45) is 0 Å². The fourth-order valence-electron chi connectivity index (χ4n) is 4.18. The number of amides is 1. The second-order valence-electron chi connectivity index (χ2n) is 7.84. The molecule has 1 amide bonds. The maximum absolute atomic E-state index is 13.5. The molecule has 2 aliphatic rings. The Morgan fingerprint density at radius 3 is 2.41 bits per heavy atom. The van der Waals surface area contributed by atoms with Gasteiger partial charge in [0.1, 0.15) is 5.75 Å². The zero-order valence-electron chi connectivity index (χ0n) is 17.1. The van der Waals surface area contributed by atoms with Gasteiger partial charge in [0.2, 0.25) is 0 Å². The first-order valence-corrected chi connectivity index (χ1v) is 12.1. The van der Waals surface area contributed by atoms with Crippen LogP contribution in [0.25, 0.3) is 0 Å². The predicted molar refractivity (Wildman–Crippen MR) is 122 cm³/mol. The van der Waals surface area contributed by atoms with E-state index in [1.54, 1.807) is 29.2 Å². The number of nitrogens with zero attached hydrogens (tertiary/aromatic N) is 2. The van der Waals surface area contributed by atoms with Gasteiger partial charge in [0.15, 0.2) is 6.10 Å². The molecule has 32 heavy (non-hydrogen) atoms. The van der Waals surface area contributed by atoms with Gasteiger partial charge < -0.3 is 9.64 Å². The molecule has 0 aromatic heterocycles. The van der Waals surface area contributed by atoms with Crippen molar-refractivity contribution < 1.29 is 17.9 Å². The minimum Gasteiger partial charge on any atom is -0.476 e. The van der Waals surface area contributed by atoms with Crippen molar-refractivity contribution in [1.82, 2.24) is 4.90 Å². The van der Waals surface area contributed by atoms with E-state index < -0.39 is 16.1 Å². The highest BCUT2D eigenvalue weighted by atomic mass is 35.5.